The van der Waals surface area contributed by atoms with Gasteiger partial charge in [0.2, 0.25) is 0 Å². The van der Waals surface area contributed by atoms with Crippen LogP contribution in [0.15, 0.2) is 42.7 Å². The number of carbonyl (C=O) groups excluding carboxylic acids is 1. The van der Waals surface area contributed by atoms with Crippen LogP contribution in [-0.4, -0.2) is 46.4 Å². The van der Waals surface area contributed by atoms with Crippen molar-refractivity contribution in [3.63, 3.8) is 0 Å². The monoisotopic (exact) mass is 413 g/mol. The Labute approximate surface area is 176 Å². The molecule has 2 aromatic rings. The lowest BCUT2D eigenvalue weighted by Crippen LogP contribution is -2.43. The van der Waals surface area contributed by atoms with E-state index in [1.54, 1.807) is 17.3 Å². The Morgan fingerprint density at radius 2 is 1.83 bits per heavy atom. The summed E-state index contributed by atoms with van der Waals surface area (Å²) in [6.07, 6.45) is 10.9. The van der Waals surface area contributed by atoms with Crippen LogP contribution in [0.2, 0.25) is 0 Å². The van der Waals surface area contributed by atoms with E-state index in [4.69, 9.17) is 0 Å². The first-order chi connectivity index (χ1) is 14.6. The fraction of sp³-hybridized carbons (Fsp3) is 0.500. The molecule has 6 heteroatoms. The molecule has 1 saturated heterocycles. The van der Waals surface area contributed by atoms with E-state index >= 15 is 0 Å². The second-order valence-electron chi connectivity index (χ2n) is 8.59. The topological polar surface area (TPSA) is 36.4 Å². The Balaban J connectivity index is 1.45. The van der Waals surface area contributed by atoms with Gasteiger partial charge in [0.15, 0.2) is 11.6 Å². The normalized spacial score (nSPS) is 18.6. The average molecular weight is 414 g/mol. The smallest absolute Gasteiger partial charge is 0.254 e. The molecule has 0 bridgehead atoms. The molecule has 1 amide bonds. The molecule has 0 radical (unpaired) electrons. The highest BCUT2D eigenvalue weighted by Gasteiger charge is 2.29. The first kappa shape index (κ1) is 20.9. The third-order valence-electron chi connectivity index (χ3n) is 6.52. The molecule has 1 aliphatic carbocycles. The molecule has 0 atom stereocenters. The van der Waals surface area contributed by atoms with Gasteiger partial charge in [-0.2, -0.15) is 0 Å². The van der Waals surface area contributed by atoms with Crippen molar-refractivity contribution in [1.82, 2.24) is 14.8 Å². The summed E-state index contributed by atoms with van der Waals surface area (Å²) in [4.78, 5) is 21.7. The molecule has 0 N–H and O–H groups in total. The van der Waals surface area contributed by atoms with Crippen molar-refractivity contribution in [1.29, 1.82) is 0 Å². The first-order valence-corrected chi connectivity index (χ1v) is 11.0. The zero-order valence-electron chi connectivity index (χ0n) is 17.3. The predicted octanol–water partition coefficient (Wildman–Crippen LogP) is 4.66. The third kappa shape index (κ3) is 5.04. The molecule has 1 aromatic carbocycles. The van der Waals surface area contributed by atoms with Crippen molar-refractivity contribution in [3.8, 4) is 0 Å². The van der Waals surface area contributed by atoms with Crippen molar-refractivity contribution in [2.24, 2.45) is 5.92 Å². The van der Waals surface area contributed by atoms with E-state index in [1.807, 2.05) is 12.1 Å². The van der Waals surface area contributed by atoms with Gasteiger partial charge in [0, 0.05) is 37.1 Å². The summed E-state index contributed by atoms with van der Waals surface area (Å²) in [6.45, 7) is 3.19. The van der Waals surface area contributed by atoms with Crippen molar-refractivity contribution in [2.75, 3.05) is 19.6 Å². The van der Waals surface area contributed by atoms with Crippen LogP contribution < -0.4 is 0 Å². The summed E-state index contributed by atoms with van der Waals surface area (Å²) in [5.74, 6) is -1.79. The van der Waals surface area contributed by atoms with Gasteiger partial charge < -0.3 is 9.80 Å². The van der Waals surface area contributed by atoms with Gasteiger partial charge in [-0.05, 0) is 74.5 Å². The average Bonchev–Trinajstić information content (AvgIpc) is 3.31. The molecule has 0 unspecified atom stereocenters. The van der Waals surface area contributed by atoms with Crippen LogP contribution >= 0.6 is 0 Å². The minimum atomic E-state index is -0.993. The quantitative estimate of drug-likeness (QED) is 0.691. The van der Waals surface area contributed by atoms with Crippen molar-refractivity contribution < 1.29 is 13.6 Å². The Morgan fingerprint density at radius 1 is 1.07 bits per heavy atom. The van der Waals surface area contributed by atoms with Crippen LogP contribution in [0.4, 0.5) is 8.78 Å². The highest BCUT2D eigenvalue weighted by molar-refractivity contribution is 5.94. The number of carbonyl (C=O) groups is 1. The summed E-state index contributed by atoms with van der Waals surface area (Å²) >= 11 is 0. The second-order valence-corrected chi connectivity index (χ2v) is 8.59. The Kier molecular flexibility index (Phi) is 6.72. The van der Waals surface area contributed by atoms with E-state index < -0.39 is 11.6 Å². The van der Waals surface area contributed by atoms with Crippen LogP contribution in [0, 0.1) is 17.6 Å². The fourth-order valence-electron chi connectivity index (χ4n) is 4.82. The number of rotatable bonds is 6. The van der Waals surface area contributed by atoms with Crippen LogP contribution in [0.1, 0.15) is 54.4 Å². The summed E-state index contributed by atoms with van der Waals surface area (Å²) in [5.41, 5.74) is 1.11. The number of pyridine rings is 1. The Bertz CT molecular complexity index is 847. The van der Waals surface area contributed by atoms with Gasteiger partial charge in [-0.3, -0.25) is 9.78 Å². The lowest BCUT2D eigenvalue weighted by molar-refractivity contribution is 0.0649. The van der Waals surface area contributed by atoms with Crippen molar-refractivity contribution in [3.05, 3.63) is 65.5 Å². The largest absolute Gasteiger partial charge is 0.334 e. The van der Waals surface area contributed by atoms with E-state index in [-0.39, 0.29) is 11.5 Å². The summed E-state index contributed by atoms with van der Waals surface area (Å²) in [6, 6.07) is 7.89. The molecule has 1 aromatic heterocycles. The summed E-state index contributed by atoms with van der Waals surface area (Å²) < 4.78 is 27.1. The number of piperidine rings is 1. The number of amides is 1. The van der Waals surface area contributed by atoms with Crippen LogP contribution in [0.25, 0.3) is 0 Å². The highest BCUT2D eigenvalue weighted by atomic mass is 19.2. The Morgan fingerprint density at radius 3 is 2.50 bits per heavy atom. The second kappa shape index (κ2) is 9.65. The molecule has 160 valence electrons. The summed E-state index contributed by atoms with van der Waals surface area (Å²) in [5, 5.41) is 0. The molecule has 4 rings (SSSR count). The van der Waals surface area contributed by atoms with E-state index in [1.165, 1.54) is 31.7 Å². The number of benzene rings is 1. The van der Waals surface area contributed by atoms with Crippen molar-refractivity contribution in [2.45, 2.75) is 51.1 Å². The maximum Gasteiger partial charge on any atom is 0.254 e. The van der Waals surface area contributed by atoms with Gasteiger partial charge in [-0.15, -0.1) is 0 Å². The highest BCUT2D eigenvalue weighted by Crippen LogP contribution is 2.28. The van der Waals surface area contributed by atoms with E-state index in [2.05, 4.69) is 9.88 Å². The van der Waals surface area contributed by atoms with E-state index in [0.29, 0.717) is 19.0 Å². The van der Waals surface area contributed by atoms with Crippen LogP contribution in [0.5, 0.6) is 0 Å². The van der Waals surface area contributed by atoms with Gasteiger partial charge in [0.05, 0.1) is 0 Å². The van der Waals surface area contributed by atoms with Crippen molar-refractivity contribution >= 4 is 5.91 Å². The molecule has 2 fully saturated rings. The lowest BCUT2D eigenvalue weighted by atomic mass is 9.94. The minimum absolute atomic E-state index is 0.182. The molecule has 2 heterocycles. The molecule has 1 aliphatic heterocycles. The first-order valence-electron chi connectivity index (χ1n) is 11.0. The minimum Gasteiger partial charge on any atom is -0.334 e. The van der Waals surface area contributed by atoms with Gasteiger partial charge in [-0.25, -0.2) is 8.78 Å². The number of hydrogen-bond donors (Lipinski definition) is 0. The number of aromatic nitrogens is 1. The van der Waals surface area contributed by atoms with Gasteiger partial charge in [0.1, 0.15) is 0 Å². The number of likely N-dealkylation sites (tertiary alicyclic amines) is 1. The molecule has 4 nitrogen and oxygen atoms in total. The van der Waals surface area contributed by atoms with Crippen LogP contribution in [0.3, 0.4) is 0 Å². The fourth-order valence-corrected chi connectivity index (χ4v) is 4.82. The van der Waals surface area contributed by atoms with E-state index in [0.717, 1.165) is 49.7 Å². The number of halogens is 2. The standard InChI is InChI=1S/C24H29F2N3O/c25-22-8-7-20(14-23(22)26)24(30)29(17-19-4-3-11-27-15-19)16-18-9-12-28(13-10-18)21-5-1-2-6-21/h3-4,7-8,11,14-15,18,21H,1-2,5-6,9-10,12-13,16-17H2. The molecular weight excluding hydrogens is 384 g/mol. The van der Waals surface area contributed by atoms with Crippen LogP contribution in [-0.2, 0) is 6.54 Å². The van der Waals surface area contributed by atoms with Gasteiger partial charge >= 0.3 is 0 Å². The predicted molar refractivity (Wildman–Crippen MR) is 112 cm³/mol. The lowest BCUT2D eigenvalue weighted by Gasteiger charge is -2.38. The number of hydrogen-bond acceptors (Lipinski definition) is 3. The summed E-state index contributed by atoms with van der Waals surface area (Å²) in [7, 11) is 0. The maximum atomic E-state index is 13.7. The molecule has 30 heavy (non-hydrogen) atoms. The SMILES string of the molecule is O=C(c1ccc(F)c(F)c1)N(Cc1cccnc1)CC1CCN(C2CCCC2)CC1. The molecule has 0 spiro atoms. The zero-order chi connectivity index (χ0) is 20.9. The third-order valence-corrected chi connectivity index (χ3v) is 6.52. The van der Waals surface area contributed by atoms with Gasteiger partial charge in [0.25, 0.3) is 5.91 Å². The molecular formula is C24H29F2N3O. The van der Waals surface area contributed by atoms with Gasteiger partial charge in [-0.1, -0.05) is 18.9 Å². The van der Waals surface area contributed by atoms with E-state index in [9.17, 15) is 13.6 Å². The molecule has 1 saturated carbocycles. The zero-order valence-corrected chi connectivity index (χ0v) is 17.3. The number of nitrogens with zero attached hydrogens (tertiary/aromatic N) is 3. The maximum absolute atomic E-state index is 13.7. The molecule has 2 aliphatic rings. The Hall–Kier alpha value is -2.34.